The molecule has 0 atom stereocenters. The summed E-state index contributed by atoms with van der Waals surface area (Å²) in [7, 11) is 0. The number of carbonyl (C=O) groups excluding carboxylic acids is 2. The number of amides is 2. The van der Waals surface area contributed by atoms with E-state index in [0.717, 1.165) is 12.1 Å². The van der Waals surface area contributed by atoms with Crippen LogP contribution in [-0.2, 0) is 22.4 Å². The second-order valence-electron chi connectivity index (χ2n) is 5.23. The predicted molar refractivity (Wildman–Crippen MR) is 92.2 cm³/mol. The van der Waals surface area contributed by atoms with Crippen molar-refractivity contribution >= 4 is 29.1 Å². The number of halogens is 3. The molecule has 0 aromatic heterocycles. The summed E-state index contributed by atoms with van der Waals surface area (Å²) in [5.41, 5.74) is 4.75. The molecular formula is C17H14F3N3O2S. The highest BCUT2D eigenvalue weighted by atomic mass is 32.1. The Kier molecular flexibility index (Phi) is 6.67. The lowest BCUT2D eigenvalue weighted by Gasteiger charge is -2.11. The topological polar surface area (TPSA) is 70.2 Å². The maximum Gasteiger partial charge on any atom is 0.242 e. The second kappa shape index (κ2) is 8.95. The molecule has 2 aromatic rings. The summed E-state index contributed by atoms with van der Waals surface area (Å²) in [5.74, 6) is -3.33. The molecule has 0 saturated heterocycles. The lowest BCUT2D eigenvalue weighted by Crippen LogP contribution is -2.49. The van der Waals surface area contributed by atoms with Crippen LogP contribution in [0.25, 0.3) is 0 Å². The summed E-state index contributed by atoms with van der Waals surface area (Å²) < 4.78 is 39.8. The fraction of sp³-hybridized carbons (Fsp3) is 0.118. The average molecular weight is 381 g/mol. The molecule has 0 aliphatic heterocycles. The summed E-state index contributed by atoms with van der Waals surface area (Å²) in [4.78, 5) is 23.5. The van der Waals surface area contributed by atoms with Gasteiger partial charge < -0.3 is 5.32 Å². The van der Waals surface area contributed by atoms with Crippen LogP contribution in [0.2, 0.25) is 0 Å². The summed E-state index contributed by atoms with van der Waals surface area (Å²) in [6.45, 7) is 0. The number of nitrogens with one attached hydrogen (secondary N) is 3. The third kappa shape index (κ3) is 5.85. The van der Waals surface area contributed by atoms with Crippen LogP contribution in [0.1, 0.15) is 11.1 Å². The monoisotopic (exact) mass is 381 g/mol. The van der Waals surface area contributed by atoms with E-state index in [1.54, 1.807) is 0 Å². The van der Waals surface area contributed by atoms with Gasteiger partial charge in [-0.1, -0.05) is 18.2 Å². The van der Waals surface area contributed by atoms with Gasteiger partial charge in [-0.3, -0.25) is 20.4 Å². The van der Waals surface area contributed by atoms with Gasteiger partial charge in [0.25, 0.3) is 0 Å². The Balaban J connectivity index is 1.78. The summed E-state index contributed by atoms with van der Waals surface area (Å²) in [6, 6.07) is 8.63. The van der Waals surface area contributed by atoms with Gasteiger partial charge in [-0.15, -0.1) is 0 Å². The number of carbonyl (C=O) groups is 2. The molecule has 0 saturated carbocycles. The van der Waals surface area contributed by atoms with E-state index < -0.39 is 35.7 Å². The van der Waals surface area contributed by atoms with Gasteiger partial charge in [-0.2, -0.15) is 0 Å². The van der Waals surface area contributed by atoms with Crippen molar-refractivity contribution in [1.29, 1.82) is 0 Å². The lowest BCUT2D eigenvalue weighted by atomic mass is 10.1. The van der Waals surface area contributed by atoms with E-state index in [-0.39, 0.29) is 17.1 Å². The van der Waals surface area contributed by atoms with Crippen molar-refractivity contribution in [2.75, 3.05) is 0 Å². The summed E-state index contributed by atoms with van der Waals surface area (Å²) in [5, 5.41) is 1.96. The molecule has 0 aliphatic carbocycles. The highest BCUT2D eigenvalue weighted by Crippen LogP contribution is 2.12. The number of hydrogen-bond donors (Lipinski definition) is 3. The van der Waals surface area contributed by atoms with Crippen LogP contribution in [0, 0.1) is 17.5 Å². The molecule has 2 amide bonds. The predicted octanol–water partition coefficient (Wildman–Crippen LogP) is 1.91. The number of benzene rings is 2. The molecule has 5 nitrogen and oxygen atoms in total. The van der Waals surface area contributed by atoms with E-state index in [1.807, 2.05) is 0 Å². The molecule has 0 aliphatic rings. The molecule has 0 radical (unpaired) electrons. The van der Waals surface area contributed by atoms with Crippen molar-refractivity contribution in [2.24, 2.45) is 0 Å². The van der Waals surface area contributed by atoms with Crippen LogP contribution in [0.4, 0.5) is 13.2 Å². The number of hydrogen-bond acceptors (Lipinski definition) is 3. The maximum atomic E-state index is 13.5. The van der Waals surface area contributed by atoms with E-state index in [1.165, 1.54) is 30.3 Å². The zero-order chi connectivity index (χ0) is 19.1. The van der Waals surface area contributed by atoms with Crippen molar-refractivity contribution in [3.8, 4) is 0 Å². The molecule has 0 heterocycles. The highest BCUT2D eigenvalue weighted by Gasteiger charge is 2.14. The fourth-order valence-electron chi connectivity index (χ4n) is 2.02. The van der Waals surface area contributed by atoms with Crippen LogP contribution >= 0.6 is 12.2 Å². The van der Waals surface area contributed by atoms with Crippen molar-refractivity contribution in [3.05, 3.63) is 71.0 Å². The van der Waals surface area contributed by atoms with Crippen molar-refractivity contribution in [1.82, 2.24) is 16.2 Å². The first-order valence-corrected chi connectivity index (χ1v) is 7.82. The Labute approximate surface area is 152 Å². The Hall–Kier alpha value is -2.94. The smallest absolute Gasteiger partial charge is 0.242 e. The first-order chi connectivity index (χ1) is 12.3. The highest BCUT2D eigenvalue weighted by molar-refractivity contribution is 7.80. The van der Waals surface area contributed by atoms with Gasteiger partial charge >= 0.3 is 0 Å². The minimum Gasteiger partial charge on any atom is -0.302 e. The molecule has 2 aromatic carbocycles. The standard InChI is InChI=1S/C17H14F3N3O2S/c18-11-6-4-10(5-7-11)8-16(25)22-23-17(26)21-15(24)9-12-13(19)2-1-3-14(12)20/h1-7H,8-9H2,(H,22,25)(H2,21,23,24,26). The van der Waals surface area contributed by atoms with Gasteiger partial charge in [0, 0.05) is 5.56 Å². The number of rotatable bonds is 4. The van der Waals surface area contributed by atoms with Crippen LogP contribution in [-0.4, -0.2) is 16.9 Å². The molecule has 9 heteroatoms. The van der Waals surface area contributed by atoms with Crippen LogP contribution < -0.4 is 16.2 Å². The zero-order valence-corrected chi connectivity index (χ0v) is 14.1. The molecule has 3 N–H and O–H groups in total. The van der Waals surface area contributed by atoms with Crippen LogP contribution in [0.3, 0.4) is 0 Å². The van der Waals surface area contributed by atoms with Gasteiger partial charge in [-0.05, 0) is 42.0 Å². The Morgan fingerprint density at radius 3 is 2.08 bits per heavy atom. The Morgan fingerprint density at radius 1 is 0.846 bits per heavy atom. The van der Waals surface area contributed by atoms with E-state index in [0.29, 0.717) is 5.56 Å². The SMILES string of the molecule is O=C(Cc1ccc(F)cc1)NNC(=S)NC(=O)Cc1c(F)cccc1F. The largest absolute Gasteiger partial charge is 0.302 e. The lowest BCUT2D eigenvalue weighted by molar-refractivity contribution is -0.121. The van der Waals surface area contributed by atoms with Gasteiger partial charge in [-0.25, -0.2) is 13.2 Å². The van der Waals surface area contributed by atoms with Crippen molar-refractivity contribution in [3.63, 3.8) is 0 Å². The first kappa shape index (κ1) is 19.4. The second-order valence-corrected chi connectivity index (χ2v) is 5.64. The van der Waals surface area contributed by atoms with E-state index in [2.05, 4.69) is 16.2 Å². The van der Waals surface area contributed by atoms with Gasteiger partial charge in [0.1, 0.15) is 17.5 Å². The van der Waals surface area contributed by atoms with Crippen LogP contribution in [0.15, 0.2) is 42.5 Å². The molecule has 0 unspecified atom stereocenters. The quantitative estimate of drug-likeness (QED) is 0.559. The normalized spacial score (nSPS) is 10.1. The average Bonchev–Trinajstić information content (AvgIpc) is 2.58. The van der Waals surface area contributed by atoms with E-state index in [9.17, 15) is 22.8 Å². The molecule has 0 fully saturated rings. The minimum absolute atomic E-state index is 0.0374. The van der Waals surface area contributed by atoms with Crippen LogP contribution in [0.5, 0.6) is 0 Å². The van der Waals surface area contributed by atoms with Gasteiger partial charge in [0.05, 0.1) is 12.8 Å². The van der Waals surface area contributed by atoms with Gasteiger partial charge in [0.15, 0.2) is 5.11 Å². The first-order valence-electron chi connectivity index (χ1n) is 7.41. The Morgan fingerprint density at radius 2 is 1.46 bits per heavy atom. The molecule has 26 heavy (non-hydrogen) atoms. The van der Waals surface area contributed by atoms with E-state index >= 15 is 0 Å². The molecular weight excluding hydrogens is 367 g/mol. The van der Waals surface area contributed by atoms with Crippen molar-refractivity contribution < 1.29 is 22.8 Å². The third-order valence-electron chi connectivity index (χ3n) is 3.25. The molecule has 136 valence electrons. The summed E-state index contributed by atoms with van der Waals surface area (Å²) in [6.07, 6.45) is -0.589. The minimum atomic E-state index is -0.841. The number of hydrazine groups is 1. The zero-order valence-electron chi connectivity index (χ0n) is 13.3. The molecule has 0 spiro atoms. The molecule has 0 bridgehead atoms. The van der Waals surface area contributed by atoms with Crippen molar-refractivity contribution in [2.45, 2.75) is 12.8 Å². The molecule has 2 rings (SSSR count). The third-order valence-corrected chi connectivity index (χ3v) is 3.45. The maximum absolute atomic E-state index is 13.5. The fourth-order valence-corrected chi connectivity index (χ4v) is 2.19. The Bertz CT molecular complexity index is 808. The van der Waals surface area contributed by atoms with Gasteiger partial charge in [0.2, 0.25) is 11.8 Å². The summed E-state index contributed by atoms with van der Waals surface area (Å²) >= 11 is 4.82. The van der Waals surface area contributed by atoms with E-state index in [4.69, 9.17) is 12.2 Å². The number of thiocarbonyl (C=S) groups is 1.